The Morgan fingerprint density at radius 1 is 1.12 bits per heavy atom. The van der Waals surface area contributed by atoms with Crippen LogP contribution in [0.1, 0.15) is 40.3 Å². The van der Waals surface area contributed by atoms with Crippen LogP contribution in [0.15, 0.2) is 18.3 Å². The van der Waals surface area contributed by atoms with E-state index in [0.717, 1.165) is 44.3 Å². The quantitative estimate of drug-likeness (QED) is 0.903. The number of anilines is 2. The molecule has 0 spiro atoms. The summed E-state index contributed by atoms with van der Waals surface area (Å²) in [5.41, 5.74) is 0.651. The first-order valence-electron chi connectivity index (χ1n) is 8.20. The first-order valence-corrected chi connectivity index (χ1v) is 8.20. The normalized spacial score (nSPS) is 14.6. The summed E-state index contributed by atoms with van der Waals surface area (Å²) in [5.74, 6) is 0.0710. The third-order valence-electron chi connectivity index (χ3n) is 4.20. The van der Waals surface area contributed by atoms with E-state index >= 15 is 0 Å². The standard InChI is InChI=1S/C17H18F3N5O/c1-10-14(11(2)23-16(22-10)25-7-3-4-8-25)24-15(26)12-5-6-13(21-9-12)17(18,19)20/h5-6,9H,3-4,7-8H2,1-2H3,(H,24,26). The van der Waals surface area contributed by atoms with Crippen molar-refractivity contribution >= 4 is 17.5 Å². The van der Waals surface area contributed by atoms with Crippen LogP contribution in [0.4, 0.5) is 24.8 Å². The van der Waals surface area contributed by atoms with E-state index in [1.165, 1.54) is 0 Å². The Morgan fingerprint density at radius 2 is 1.73 bits per heavy atom. The van der Waals surface area contributed by atoms with Crippen LogP contribution in [0.3, 0.4) is 0 Å². The molecule has 1 aliphatic heterocycles. The molecular formula is C17H18F3N5O. The number of aromatic nitrogens is 3. The molecule has 138 valence electrons. The van der Waals surface area contributed by atoms with Crippen molar-refractivity contribution in [1.29, 1.82) is 0 Å². The van der Waals surface area contributed by atoms with Crippen LogP contribution in [-0.2, 0) is 6.18 Å². The molecule has 0 aliphatic carbocycles. The molecule has 1 amide bonds. The van der Waals surface area contributed by atoms with Gasteiger partial charge in [-0.05, 0) is 38.8 Å². The summed E-state index contributed by atoms with van der Waals surface area (Å²) in [7, 11) is 0. The number of alkyl halides is 3. The topological polar surface area (TPSA) is 71.0 Å². The maximum absolute atomic E-state index is 12.6. The number of aryl methyl sites for hydroxylation is 2. The highest BCUT2D eigenvalue weighted by Crippen LogP contribution is 2.27. The van der Waals surface area contributed by atoms with Crippen LogP contribution in [0, 0.1) is 13.8 Å². The van der Waals surface area contributed by atoms with Crippen molar-refractivity contribution in [2.24, 2.45) is 0 Å². The Morgan fingerprint density at radius 3 is 2.23 bits per heavy atom. The van der Waals surface area contributed by atoms with Crippen molar-refractivity contribution in [2.45, 2.75) is 32.9 Å². The number of carbonyl (C=O) groups is 1. The van der Waals surface area contributed by atoms with Gasteiger partial charge in [0.2, 0.25) is 5.95 Å². The lowest BCUT2D eigenvalue weighted by atomic mass is 10.2. The summed E-state index contributed by atoms with van der Waals surface area (Å²) in [6, 6.07) is 1.87. The maximum atomic E-state index is 12.6. The summed E-state index contributed by atoms with van der Waals surface area (Å²) >= 11 is 0. The number of nitrogens with one attached hydrogen (secondary N) is 1. The van der Waals surface area contributed by atoms with E-state index in [1.54, 1.807) is 13.8 Å². The molecule has 0 unspecified atom stereocenters. The summed E-state index contributed by atoms with van der Waals surface area (Å²) in [6.07, 6.45) is -1.44. The number of hydrogen-bond donors (Lipinski definition) is 1. The molecule has 0 radical (unpaired) electrons. The van der Waals surface area contributed by atoms with E-state index in [-0.39, 0.29) is 5.56 Å². The van der Waals surface area contributed by atoms with Gasteiger partial charge in [0.1, 0.15) is 5.69 Å². The fourth-order valence-corrected chi connectivity index (χ4v) is 2.82. The van der Waals surface area contributed by atoms with Crippen molar-refractivity contribution in [3.63, 3.8) is 0 Å². The number of pyridine rings is 1. The summed E-state index contributed by atoms with van der Waals surface area (Å²) in [4.78, 5) is 26.6. The Labute approximate surface area is 148 Å². The second-order valence-electron chi connectivity index (χ2n) is 6.15. The highest BCUT2D eigenvalue weighted by molar-refractivity contribution is 6.04. The molecule has 1 fully saturated rings. The number of hydrogen-bond acceptors (Lipinski definition) is 5. The molecule has 6 nitrogen and oxygen atoms in total. The minimum Gasteiger partial charge on any atom is -0.341 e. The van der Waals surface area contributed by atoms with Gasteiger partial charge in [0, 0.05) is 19.3 Å². The van der Waals surface area contributed by atoms with Crippen molar-refractivity contribution in [3.05, 3.63) is 41.0 Å². The second kappa shape index (κ2) is 6.89. The Kier molecular flexibility index (Phi) is 4.80. The first kappa shape index (κ1) is 18.1. The third-order valence-corrected chi connectivity index (χ3v) is 4.20. The van der Waals surface area contributed by atoms with Crippen LogP contribution in [0.25, 0.3) is 0 Å². The predicted molar refractivity (Wildman–Crippen MR) is 90.1 cm³/mol. The number of nitrogens with zero attached hydrogens (tertiary/aromatic N) is 4. The molecule has 26 heavy (non-hydrogen) atoms. The molecule has 3 heterocycles. The van der Waals surface area contributed by atoms with Crippen LogP contribution in [0.5, 0.6) is 0 Å². The van der Waals surface area contributed by atoms with Gasteiger partial charge in [0.15, 0.2) is 0 Å². The zero-order valence-corrected chi connectivity index (χ0v) is 14.4. The molecule has 2 aromatic rings. The second-order valence-corrected chi connectivity index (χ2v) is 6.15. The zero-order chi connectivity index (χ0) is 18.9. The van der Waals surface area contributed by atoms with Gasteiger partial charge in [-0.3, -0.25) is 9.78 Å². The minimum atomic E-state index is -4.54. The molecule has 1 aliphatic rings. The van der Waals surface area contributed by atoms with Crippen LogP contribution < -0.4 is 10.2 Å². The van der Waals surface area contributed by atoms with Crippen LogP contribution in [0.2, 0.25) is 0 Å². The Bertz CT molecular complexity index is 791. The Balaban J connectivity index is 1.78. The maximum Gasteiger partial charge on any atom is 0.433 e. The van der Waals surface area contributed by atoms with Crippen LogP contribution in [-0.4, -0.2) is 33.9 Å². The van der Waals surface area contributed by atoms with Crippen LogP contribution >= 0.6 is 0 Å². The van der Waals surface area contributed by atoms with Crippen molar-refractivity contribution < 1.29 is 18.0 Å². The SMILES string of the molecule is Cc1nc(N2CCCC2)nc(C)c1NC(=O)c1ccc(C(F)(F)F)nc1. The average molecular weight is 365 g/mol. The lowest BCUT2D eigenvalue weighted by Gasteiger charge is -2.18. The minimum absolute atomic E-state index is 0.0282. The van der Waals surface area contributed by atoms with Crippen molar-refractivity contribution in [2.75, 3.05) is 23.3 Å². The summed E-state index contributed by atoms with van der Waals surface area (Å²) in [6.45, 7) is 5.33. The lowest BCUT2D eigenvalue weighted by molar-refractivity contribution is -0.141. The molecule has 2 aromatic heterocycles. The number of amides is 1. The van der Waals surface area contributed by atoms with E-state index < -0.39 is 17.8 Å². The summed E-state index contributed by atoms with van der Waals surface area (Å²) < 4.78 is 37.7. The number of carbonyl (C=O) groups excluding carboxylic acids is 1. The molecule has 0 aromatic carbocycles. The molecular weight excluding hydrogens is 347 g/mol. The highest BCUT2D eigenvalue weighted by Gasteiger charge is 2.32. The first-order chi connectivity index (χ1) is 12.3. The number of rotatable bonds is 3. The lowest BCUT2D eigenvalue weighted by Crippen LogP contribution is -2.22. The molecule has 0 atom stereocenters. The van der Waals surface area contributed by atoms with E-state index in [9.17, 15) is 18.0 Å². The van der Waals surface area contributed by atoms with Gasteiger partial charge in [-0.2, -0.15) is 13.2 Å². The zero-order valence-electron chi connectivity index (χ0n) is 14.4. The third kappa shape index (κ3) is 3.76. The van der Waals surface area contributed by atoms with Gasteiger partial charge in [-0.1, -0.05) is 0 Å². The molecule has 1 N–H and O–H groups in total. The fourth-order valence-electron chi connectivity index (χ4n) is 2.82. The van der Waals surface area contributed by atoms with Gasteiger partial charge in [-0.25, -0.2) is 9.97 Å². The molecule has 1 saturated heterocycles. The van der Waals surface area contributed by atoms with Gasteiger partial charge in [0.05, 0.1) is 22.6 Å². The van der Waals surface area contributed by atoms with E-state index in [4.69, 9.17) is 0 Å². The van der Waals surface area contributed by atoms with Crippen molar-refractivity contribution in [1.82, 2.24) is 15.0 Å². The smallest absolute Gasteiger partial charge is 0.341 e. The van der Waals surface area contributed by atoms with Gasteiger partial charge in [-0.15, -0.1) is 0 Å². The van der Waals surface area contributed by atoms with Gasteiger partial charge < -0.3 is 10.2 Å². The Hall–Kier alpha value is -2.71. The van der Waals surface area contributed by atoms with Gasteiger partial charge >= 0.3 is 6.18 Å². The fraction of sp³-hybridized carbons (Fsp3) is 0.412. The average Bonchev–Trinajstić information content (AvgIpc) is 3.11. The van der Waals surface area contributed by atoms with E-state index in [1.807, 2.05) is 0 Å². The van der Waals surface area contributed by atoms with E-state index in [2.05, 4.69) is 25.2 Å². The van der Waals surface area contributed by atoms with Crippen molar-refractivity contribution in [3.8, 4) is 0 Å². The number of halogens is 3. The molecule has 0 saturated carbocycles. The molecule has 0 bridgehead atoms. The van der Waals surface area contributed by atoms with Gasteiger partial charge in [0.25, 0.3) is 5.91 Å². The highest BCUT2D eigenvalue weighted by atomic mass is 19.4. The summed E-state index contributed by atoms with van der Waals surface area (Å²) in [5, 5.41) is 2.67. The molecule has 3 rings (SSSR count). The molecule has 9 heteroatoms. The monoisotopic (exact) mass is 365 g/mol. The largest absolute Gasteiger partial charge is 0.433 e. The van der Waals surface area contributed by atoms with E-state index in [0.29, 0.717) is 23.0 Å². The predicted octanol–water partition coefficient (Wildman–Crippen LogP) is 3.36.